The fourth-order valence-corrected chi connectivity index (χ4v) is 2.93. The molecule has 2 aromatic carbocycles. The smallest absolute Gasteiger partial charge is 0.231 e. The van der Waals surface area contributed by atoms with Crippen LogP contribution in [0.25, 0.3) is 0 Å². The third-order valence-corrected chi connectivity index (χ3v) is 4.07. The SMILES string of the molecule is COC1CCN(C(=O)Cc2ccccc2F)c2ccccc21. The van der Waals surface area contributed by atoms with Crippen molar-refractivity contribution in [1.82, 2.24) is 0 Å². The molecule has 2 aromatic rings. The average Bonchev–Trinajstić information content (AvgIpc) is 2.56. The van der Waals surface area contributed by atoms with Crippen molar-refractivity contribution in [1.29, 1.82) is 0 Å². The lowest BCUT2D eigenvalue weighted by molar-refractivity contribution is -0.118. The van der Waals surface area contributed by atoms with Gasteiger partial charge in [0, 0.05) is 24.9 Å². The Morgan fingerprint density at radius 2 is 1.95 bits per heavy atom. The maximum atomic E-state index is 13.7. The van der Waals surface area contributed by atoms with E-state index in [-0.39, 0.29) is 24.2 Å². The second-order valence-electron chi connectivity index (χ2n) is 5.39. The average molecular weight is 299 g/mol. The molecule has 0 aliphatic carbocycles. The summed E-state index contributed by atoms with van der Waals surface area (Å²) in [6, 6.07) is 14.1. The van der Waals surface area contributed by atoms with Crippen LogP contribution in [0, 0.1) is 5.82 Å². The minimum Gasteiger partial charge on any atom is -0.377 e. The predicted octanol–water partition coefficient (Wildman–Crippen LogP) is 3.49. The van der Waals surface area contributed by atoms with E-state index < -0.39 is 0 Å². The van der Waals surface area contributed by atoms with Crippen molar-refractivity contribution in [3.05, 3.63) is 65.5 Å². The number of halogens is 1. The van der Waals surface area contributed by atoms with Crippen molar-refractivity contribution < 1.29 is 13.9 Å². The van der Waals surface area contributed by atoms with E-state index in [4.69, 9.17) is 4.74 Å². The number of nitrogens with zero attached hydrogens (tertiary/aromatic N) is 1. The van der Waals surface area contributed by atoms with Gasteiger partial charge < -0.3 is 9.64 Å². The summed E-state index contributed by atoms with van der Waals surface area (Å²) in [4.78, 5) is 14.3. The minimum absolute atomic E-state index is 0.00807. The first-order valence-corrected chi connectivity index (χ1v) is 7.36. The van der Waals surface area contributed by atoms with Gasteiger partial charge >= 0.3 is 0 Å². The third kappa shape index (κ3) is 2.74. The van der Waals surface area contributed by atoms with Crippen molar-refractivity contribution in [3.63, 3.8) is 0 Å². The molecule has 4 heteroatoms. The summed E-state index contributed by atoms with van der Waals surface area (Å²) in [6.07, 6.45) is 0.823. The molecule has 1 amide bonds. The quantitative estimate of drug-likeness (QED) is 0.868. The maximum absolute atomic E-state index is 13.7. The van der Waals surface area contributed by atoms with Crippen LogP contribution in [0.15, 0.2) is 48.5 Å². The Morgan fingerprint density at radius 1 is 1.23 bits per heavy atom. The second kappa shape index (κ2) is 6.28. The molecule has 3 rings (SSSR count). The molecule has 3 nitrogen and oxygen atoms in total. The number of methoxy groups -OCH3 is 1. The van der Waals surface area contributed by atoms with Gasteiger partial charge in [-0.3, -0.25) is 4.79 Å². The lowest BCUT2D eigenvalue weighted by Crippen LogP contribution is -2.38. The second-order valence-corrected chi connectivity index (χ2v) is 5.39. The van der Waals surface area contributed by atoms with Gasteiger partial charge in [0.2, 0.25) is 5.91 Å². The molecular formula is C18H18FNO2. The van der Waals surface area contributed by atoms with Gasteiger partial charge in [-0.15, -0.1) is 0 Å². The van der Waals surface area contributed by atoms with Crippen molar-refractivity contribution in [2.75, 3.05) is 18.6 Å². The topological polar surface area (TPSA) is 29.5 Å². The van der Waals surface area contributed by atoms with Gasteiger partial charge in [-0.25, -0.2) is 4.39 Å². The summed E-state index contributed by atoms with van der Waals surface area (Å²) in [5, 5.41) is 0. The van der Waals surface area contributed by atoms with Gasteiger partial charge in [0.15, 0.2) is 0 Å². The summed E-state index contributed by atoms with van der Waals surface area (Å²) in [7, 11) is 1.68. The number of fused-ring (bicyclic) bond motifs is 1. The zero-order chi connectivity index (χ0) is 15.5. The Balaban J connectivity index is 1.86. The molecule has 0 aromatic heterocycles. The third-order valence-electron chi connectivity index (χ3n) is 4.07. The summed E-state index contributed by atoms with van der Waals surface area (Å²) in [5.41, 5.74) is 2.30. The fraction of sp³-hybridized carbons (Fsp3) is 0.278. The van der Waals surface area contributed by atoms with E-state index in [1.807, 2.05) is 24.3 Å². The first-order chi connectivity index (χ1) is 10.7. The molecule has 0 N–H and O–H groups in total. The number of hydrogen-bond donors (Lipinski definition) is 0. The van der Waals surface area contributed by atoms with E-state index in [0.717, 1.165) is 17.7 Å². The molecule has 0 fully saturated rings. The molecule has 0 radical (unpaired) electrons. The van der Waals surface area contributed by atoms with Crippen LogP contribution in [0.1, 0.15) is 23.7 Å². The van der Waals surface area contributed by atoms with E-state index in [1.54, 1.807) is 30.2 Å². The largest absolute Gasteiger partial charge is 0.377 e. The molecule has 1 unspecified atom stereocenters. The Labute approximate surface area is 129 Å². The Hall–Kier alpha value is -2.20. The van der Waals surface area contributed by atoms with E-state index in [0.29, 0.717) is 12.1 Å². The minimum atomic E-state index is -0.337. The normalized spacial score (nSPS) is 17.2. The van der Waals surface area contributed by atoms with Crippen LogP contribution in [0.5, 0.6) is 0 Å². The van der Waals surface area contributed by atoms with Crippen LogP contribution >= 0.6 is 0 Å². The zero-order valence-corrected chi connectivity index (χ0v) is 12.5. The number of amides is 1. The molecule has 1 aliphatic heterocycles. The lowest BCUT2D eigenvalue weighted by Gasteiger charge is -2.33. The van der Waals surface area contributed by atoms with E-state index >= 15 is 0 Å². The highest BCUT2D eigenvalue weighted by molar-refractivity contribution is 5.96. The first kappa shape index (κ1) is 14.7. The molecule has 1 aliphatic rings. The number of anilines is 1. The fourth-order valence-electron chi connectivity index (χ4n) is 2.93. The monoisotopic (exact) mass is 299 g/mol. The highest BCUT2D eigenvalue weighted by Crippen LogP contribution is 2.35. The van der Waals surface area contributed by atoms with Gasteiger partial charge in [-0.1, -0.05) is 36.4 Å². The Bertz CT molecular complexity index is 686. The van der Waals surface area contributed by atoms with Crippen molar-refractivity contribution in [3.8, 4) is 0 Å². The summed E-state index contributed by atoms with van der Waals surface area (Å²) in [5.74, 6) is -0.428. The van der Waals surface area contributed by atoms with E-state index in [2.05, 4.69) is 0 Å². The molecule has 0 spiro atoms. The number of hydrogen-bond acceptors (Lipinski definition) is 2. The summed E-state index contributed by atoms with van der Waals surface area (Å²) < 4.78 is 19.2. The van der Waals surface area contributed by atoms with Crippen molar-refractivity contribution >= 4 is 11.6 Å². The van der Waals surface area contributed by atoms with Crippen molar-refractivity contribution in [2.45, 2.75) is 18.9 Å². The molecule has 0 bridgehead atoms. The van der Waals surface area contributed by atoms with Crippen molar-refractivity contribution in [2.24, 2.45) is 0 Å². The highest BCUT2D eigenvalue weighted by Gasteiger charge is 2.28. The van der Waals surface area contributed by atoms with Gasteiger partial charge in [0.1, 0.15) is 5.82 Å². The molecule has 22 heavy (non-hydrogen) atoms. The predicted molar refractivity (Wildman–Crippen MR) is 83.3 cm³/mol. The molecule has 1 atom stereocenters. The maximum Gasteiger partial charge on any atom is 0.231 e. The summed E-state index contributed by atoms with van der Waals surface area (Å²) >= 11 is 0. The standard InChI is InChI=1S/C18H18FNO2/c1-22-17-10-11-20(16-9-5-3-7-14(16)17)18(21)12-13-6-2-4-8-15(13)19/h2-9,17H,10-12H2,1H3. The number of ether oxygens (including phenoxy) is 1. The number of carbonyl (C=O) groups excluding carboxylic acids is 1. The summed E-state index contributed by atoms with van der Waals surface area (Å²) in [6.45, 7) is 0.586. The number of carbonyl (C=O) groups is 1. The Kier molecular flexibility index (Phi) is 4.20. The number of benzene rings is 2. The molecule has 1 heterocycles. The molecule has 0 saturated heterocycles. The zero-order valence-electron chi connectivity index (χ0n) is 12.5. The molecule has 114 valence electrons. The van der Waals surface area contributed by atoms with Crippen LogP contribution in [0.3, 0.4) is 0 Å². The number of para-hydroxylation sites is 1. The van der Waals surface area contributed by atoms with Gasteiger partial charge in [0.25, 0.3) is 0 Å². The molecular weight excluding hydrogens is 281 g/mol. The Morgan fingerprint density at radius 3 is 2.73 bits per heavy atom. The van der Waals surface area contributed by atoms with Crippen LogP contribution in [0.2, 0.25) is 0 Å². The van der Waals surface area contributed by atoms with Crippen LogP contribution in [0.4, 0.5) is 10.1 Å². The molecule has 0 saturated carbocycles. The first-order valence-electron chi connectivity index (χ1n) is 7.36. The van der Waals surface area contributed by atoms with Crippen LogP contribution < -0.4 is 4.90 Å². The van der Waals surface area contributed by atoms with E-state index in [9.17, 15) is 9.18 Å². The van der Waals surface area contributed by atoms with Crippen LogP contribution in [-0.4, -0.2) is 19.6 Å². The van der Waals surface area contributed by atoms with E-state index in [1.165, 1.54) is 6.07 Å². The van der Waals surface area contributed by atoms with Crippen LogP contribution in [-0.2, 0) is 16.0 Å². The number of rotatable bonds is 3. The van der Waals surface area contributed by atoms with Gasteiger partial charge in [-0.2, -0.15) is 0 Å². The van der Waals surface area contributed by atoms with Gasteiger partial charge in [0.05, 0.1) is 12.5 Å². The lowest BCUT2D eigenvalue weighted by atomic mass is 9.98. The highest BCUT2D eigenvalue weighted by atomic mass is 19.1. The van der Waals surface area contributed by atoms with Gasteiger partial charge in [-0.05, 0) is 24.1 Å².